The predicted molar refractivity (Wildman–Crippen MR) is 116 cm³/mol. The maximum Gasteiger partial charge on any atom is 0.262 e. The molecule has 0 unspecified atom stereocenters. The van der Waals surface area contributed by atoms with Crippen molar-refractivity contribution < 1.29 is 31.0 Å². The number of hydrogen-bond acceptors (Lipinski definition) is 7. The maximum absolute atomic E-state index is 13.1. The van der Waals surface area contributed by atoms with Crippen molar-refractivity contribution in [2.24, 2.45) is 0 Å². The van der Waals surface area contributed by atoms with Crippen LogP contribution in [-0.2, 0) is 24.8 Å². The van der Waals surface area contributed by atoms with Gasteiger partial charge in [-0.1, -0.05) is 0 Å². The smallest absolute Gasteiger partial charge is 0.262 e. The average molecular weight is 471 g/mol. The van der Waals surface area contributed by atoms with E-state index in [9.17, 15) is 16.8 Å². The number of rotatable bonds is 7. The molecule has 0 saturated carbocycles. The van der Waals surface area contributed by atoms with E-state index < -0.39 is 20.0 Å². The fourth-order valence-electron chi connectivity index (χ4n) is 3.53. The van der Waals surface area contributed by atoms with Crippen molar-refractivity contribution in [3.05, 3.63) is 41.5 Å². The molecule has 1 heterocycles. The van der Waals surface area contributed by atoms with Crippen LogP contribution in [-0.4, -0.2) is 61.7 Å². The topological polar surface area (TPSA) is 111 Å². The monoisotopic (exact) mass is 470 g/mol. The largest absolute Gasteiger partial charge is 0.497 e. The third-order valence-corrected chi connectivity index (χ3v) is 8.55. The highest BCUT2D eigenvalue weighted by Gasteiger charge is 2.30. The molecular formula is C20H26N2O7S2. The second kappa shape index (κ2) is 9.03. The fraction of sp³-hybridized carbons (Fsp3) is 0.400. The number of benzene rings is 2. The molecule has 3 rings (SSSR count). The Bertz CT molecular complexity index is 1150. The van der Waals surface area contributed by atoms with Gasteiger partial charge in [0.1, 0.15) is 16.4 Å². The van der Waals surface area contributed by atoms with Gasteiger partial charge in [-0.3, -0.25) is 4.72 Å². The SMILES string of the molecule is COc1cc(C)c(S(=O)(=O)Nc2ccc(OC)c(S(=O)(=O)N3CCOCC3)c2)c(C)c1. The van der Waals surface area contributed by atoms with Crippen LogP contribution in [0.3, 0.4) is 0 Å². The molecule has 0 aromatic heterocycles. The quantitative estimate of drug-likeness (QED) is 0.660. The molecule has 1 N–H and O–H groups in total. The molecule has 0 radical (unpaired) electrons. The van der Waals surface area contributed by atoms with Gasteiger partial charge in [-0.05, 0) is 55.3 Å². The van der Waals surface area contributed by atoms with Gasteiger partial charge in [0.15, 0.2) is 0 Å². The Morgan fingerprint density at radius 3 is 2.10 bits per heavy atom. The van der Waals surface area contributed by atoms with Crippen LogP contribution in [0.1, 0.15) is 11.1 Å². The number of nitrogens with one attached hydrogen (secondary N) is 1. The molecule has 2 aromatic rings. The number of morpholine rings is 1. The average Bonchev–Trinajstić information content (AvgIpc) is 2.73. The highest BCUT2D eigenvalue weighted by atomic mass is 32.2. The Kier molecular flexibility index (Phi) is 6.79. The first-order valence-electron chi connectivity index (χ1n) is 9.54. The Labute approximate surface area is 183 Å². The molecule has 2 aromatic carbocycles. The molecule has 11 heteroatoms. The lowest BCUT2D eigenvalue weighted by atomic mass is 10.1. The van der Waals surface area contributed by atoms with Crippen LogP contribution < -0.4 is 14.2 Å². The summed E-state index contributed by atoms with van der Waals surface area (Å²) in [4.78, 5) is 0.00183. The maximum atomic E-state index is 13.1. The number of anilines is 1. The zero-order valence-corrected chi connectivity index (χ0v) is 19.5. The zero-order valence-electron chi connectivity index (χ0n) is 17.8. The minimum Gasteiger partial charge on any atom is -0.497 e. The standard InChI is InChI=1S/C20H26N2O7S2/c1-14-11-17(27-3)12-15(2)20(14)30(23,24)21-16-5-6-18(28-4)19(13-16)31(25,26)22-7-9-29-10-8-22/h5-6,11-13,21H,7-10H2,1-4H3. The summed E-state index contributed by atoms with van der Waals surface area (Å²) in [6.45, 7) is 4.37. The first-order valence-corrected chi connectivity index (χ1v) is 12.5. The van der Waals surface area contributed by atoms with Crippen LogP contribution in [0.2, 0.25) is 0 Å². The lowest BCUT2D eigenvalue weighted by Crippen LogP contribution is -2.40. The lowest BCUT2D eigenvalue weighted by Gasteiger charge is -2.27. The molecule has 170 valence electrons. The molecule has 1 aliphatic heterocycles. The van der Waals surface area contributed by atoms with Gasteiger partial charge in [0.2, 0.25) is 10.0 Å². The zero-order chi connectivity index (χ0) is 22.8. The lowest BCUT2D eigenvalue weighted by molar-refractivity contribution is 0.0729. The number of nitrogens with zero attached hydrogens (tertiary/aromatic N) is 1. The highest BCUT2D eigenvalue weighted by Crippen LogP contribution is 2.32. The van der Waals surface area contributed by atoms with Gasteiger partial charge in [0, 0.05) is 13.1 Å². The van der Waals surface area contributed by atoms with E-state index in [2.05, 4.69) is 4.72 Å². The van der Waals surface area contributed by atoms with Crippen LogP contribution in [0.25, 0.3) is 0 Å². The molecule has 0 aliphatic carbocycles. The molecule has 31 heavy (non-hydrogen) atoms. The molecule has 9 nitrogen and oxygen atoms in total. The molecule has 1 saturated heterocycles. The van der Waals surface area contributed by atoms with Crippen LogP contribution in [0.15, 0.2) is 40.1 Å². The minimum atomic E-state index is -3.98. The number of aryl methyl sites for hydroxylation is 2. The van der Waals surface area contributed by atoms with E-state index in [1.807, 2.05) is 0 Å². The number of hydrogen-bond donors (Lipinski definition) is 1. The summed E-state index contributed by atoms with van der Waals surface area (Å²) in [5, 5.41) is 0. The molecule has 0 amide bonds. The molecule has 1 fully saturated rings. The number of ether oxygens (including phenoxy) is 3. The summed E-state index contributed by atoms with van der Waals surface area (Å²) >= 11 is 0. The van der Waals surface area contributed by atoms with E-state index in [1.54, 1.807) is 26.0 Å². The minimum absolute atomic E-state index is 0.111. The van der Waals surface area contributed by atoms with Crippen LogP contribution in [0.5, 0.6) is 11.5 Å². The van der Waals surface area contributed by atoms with Gasteiger partial charge in [-0.25, -0.2) is 16.8 Å². The summed E-state index contributed by atoms with van der Waals surface area (Å²) in [5.41, 5.74) is 1.14. The first kappa shape index (κ1) is 23.3. The summed E-state index contributed by atoms with van der Waals surface area (Å²) in [6.07, 6.45) is 0. The van der Waals surface area contributed by atoms with E-state index in [4.69, 9.17) is 14.2 Å². The van der Waals surface area contributed by atoms with Gasteiger partial charge in [-0.15, -0.1) is 0 Å². The van der Waals surface area contributed by atoms with Crippen molar-refractivity contribution >= 4 is 25.7 Å². The third-order valence-electron chi connectivity index (χ3n) is 4.94. The number of sulfonamides is 2. The second-order valence-corrected chi connectivity index (χ2v) is 10.6. The van der Waals surface area contributed by atoms with Crippen molar-refractivity contribution in [1.82, 2.24) is 4.31 Å². The van der Waals surface area contributed by atoms with E-state index in [1.165, 1.54) is 36.7 Å². The molecule has 0 atom stereocenters. The van der Waals surface area contributed by atoms with Crippen molar-refractivity contribution in [3.8, 4) is 11.5 Å². The first-order chi connectivity index (χ1) is 14.6. The van der Waals surface area contributed by atoms with E-state index in [-0.39, 0.29) is 34.3 Å². The third kappa shape index (κ3) is 4.79. The Balaban J connectivity index is 2.00. The van der Waals surface area contributed by atoms with Gasteiger partial charge >= 0.3 is 0 Å². The van der Waals surface area contributed by atoms with Crippen molar-refractivity contribution in [1.29, 1.82) is 0 Å². The normalized spacial score (nSPS) is 15.5. The van der Waals surface area contributed by atoms with Crippen molar-refractivity contribution in [2.45, 2.75) is 23.6 Å². The Hall–Kier alpha value is -2.34. The Morgan fingerprint density at radius 2 is 1.55 bits per heavy atom. The van der Waals surface area contributed by atoms with Crippen molar-refractivity contribution in [2.75, 3.05) is 45.2 Å². The summed E-state index contributed by atoms with van der Waals surface area (Å²) in [6, 6.07) is 7.42. The van der Waals surface area contributed by atoms with Gasteiger partial charge in [0.25, 0.3) is 10.0 Å². The van der Waals surface area contributed by atoms with Crippen LogP contribution in [0, 0.1) is 13.8 Å². The molecule has 0 spiro atoms. The van der Waals surface area contributed by atoms with Crippen LogP contribution >= 0.6 is 0 Å². The highest BCUT2D eigenvalue weighted by molar-refractivity contribution is 7.92. The predicted octanol–water partition coefficient (Wildman–Crippen LogP) is 2.14. The summed E-state index contributed by atoms with van der Waals surface area (Å²) in [7, 11) is -5.01. The summed E-state index contributed by atoms with van der Waals surface area (Å²) in [5.74, 6) is 0.684. The van der Waals surface area contributed by atoms with Gasteiger partial charge in [-0.2, -0.15) is 4.31 Å². The summed E-state index contributed by atoms with van der Waals surface area (Å²) < 4.78 is 71.9. The van der Waals surface area contributed by atoms with Gasteiger partial charge < -0.3 is 14.2 Å². The number of methoxy groups -OCH3 is 2. The molecular weight excluding hydrogens is 444 g/mol. The van der Waals surface area contributed by atoms with Gasteiger partial charge in [0.05, 0.1) is 38.0 Å². The molecule has 1 aliphatic rings. The van der Waals surface area contributed by atoms with Crippen LogP contribution in [0.4, 0.5) is 5.69 Å². The van der Waals surface area contributed by atoms with E-state index in [0.717, 1.165) is 0 Å². The second-order valence-electron chi connectivity index (χ2n) is 7.08. The van der Waals surface area contributed by atoms with E-state index >= 15 is 0 Å². The fourth-order valence-corrected chi connectivity index (χ4v) is 6.62. The Morgan fingerprint density at radius 1 is 0.935 bits per heavy atom. The molecule has 0 bridgehead atoms. The van der Waals surface area contributed by atoms with Crippen molar-refractivity contribution in [3.63, 3.8) is 0 Å². The van der Waals surface area contributed by atoms with E-state index in [0.29, 0.717) is 30.1 Å².